The molecule has 0 spiro atoms. The summed E-state index contributed by atoms with van der Waals surface area (Å²) in [5.74, 6) is -0.725. The van der Waals surface area contributed by atoms with Crippen molar-refractivity contribution in [3.63, 3.8) is 0 Å². The van der Waals surface area contributed by atoms with E-state index >= 15 is 0 Å². The number of imide groups is 1. The summed E-state index contributed by atoms with van der Waals surface area (Å²) in [4.78, 5) is 41.4. The van der Waals surface area contributed by atoms with Gasteiger partial charge in [-0.05, 0) is 31.4 Å². The summed E-state index contributed by atoms with van der Waals surface area (Å²) in [6, 6.07) is 17.2. The Morgan fingerprint density at radius 1 is 1.13 bits per heavy atom. The fraction of sp³-hybridized carbons (Fsp3) is 0.375. The van der Waals surface area contributed by atoms with Crippen molar-refractivity contribution >= 4 is 17.8 Å². The van der Waals surface area contributed by atoms with Crippen LogP contribution in [0.2, 0.25) is 0 Å². The molecule has 4 rings (SSSR count). The molecule has 2 aromatic carbocycles. The molecule has 0 saturated carbocycles. The van der Waals surface area contributed by atoms with Gasteiger partial charge in [0.05, 0.1) is 0 Å². The third-order valence-corrected chi connectivity index (χ3v) is 6.09. The number of carbonyl (C=O) groups is 3. The van der Waals surface area contributed by atoms with E-state index in [4.69, 9.17) is 0 Å². The molecule has 162 valence electrons. The molecule has 2 atom stereocenters. The number of urea groups is 1. The molecule has 0 aliphatic carbocycles. The summed E-state index contributed by atoms with van der Waals surface area (Å²) in [6.07, 6.45) is 0.847. The van der Waals surface area contributed by atoms with E-state index in [2.05, 4.69) is 27.7 Å². The van der Waals surface area contributed by atoms with E-state index in [1.165, 1.54) is 5.56 Å². The Hall–Kier alpha value is -3.19. The molecule has 0 aromatic heterocycles. The van der Waals surface area contributed by atoms with Gasteiger partial charge in [0.1, 0.15) is 12.1 Å². The number of nitrogens with one attached hydrogen (secondary N) is 2. The third kappa shape index (κ3) is 4.46. The van der Waals surface area contributed by atoms with Crippen LogP contribution in [0, 0.1) is 6.92 Å². The van der Waals surface area contributed by atoms with Gasteiger partial charge >= 0.3 is 6.03 Å². The Morgan fingerprint density at radius 3 is 2.55 bits per heavy atom. The van der Waals surface area contributed by atoms with Crippen LogP contribution in [0.15, 0.2) is 54.6 Å². The SMILES string of the molecule is Cc1ccc(C2(C)NC(=O)N(CC(=O)NC3CCN(Cc4ccccc4)C3)C2=O)cc1. The van der Waals surface area contributed by atoms with Crippen molar-refractivity contribution in [1.82, 2.24) is 20.4 Å². The number of nitrogens with zero attached hydrogens (tertiary/aromatic N) is 2. The average Bonchev–Trinajstić information content (AvgIpc) is 3.27. The van der Waals surface area contributed by atoms with Gasteiger partial charge in [-0.3, -0.25) is 19.4 Å². The number of hydrogen-bond acceptors (Lipinski definition) is 4. The summed E-state index contributed by atoms with van der Waals surface area (Å²) >= 11 is 0. The van der Waals surface area contributed by atoms with Gasteiger partial charge in [0.25, 0.3) is 5.91 Å². The third-order valence-electron chi connectivity index (χ3n) is 6.09. The minimum absolute atomic E-state index is 0.0143. The van der Waals surface area contributed by atoms with E-state index in [1.54, 1.807) is 6.92 Å². The molecule has 2 heterocycles. The van der Waals surface area contributed by atoms with Crippen molar-refractivity contribution in [3.05, 3.63) is 71.3 Å². The molecular formula is C24H28N4O3. The van der Waals surface area contributed by atoms with Crippen LogP contribution < -0.4 is 10.6 Å². The van der Waals surface area contributed by atoms with E-state index in [-0.39, 0.29) is 18.5 Å². The number of likely N-dealkylation sites (tertiary alicyclic amines) is 1. The van der Waals surface area contributed by atoms with E-state index < -0.39 is 17.5 Å². The van der Waals surface area contributed by atoms with Crippen molar-refractivity contribution in [1.29, 1.82) is 0 Å². The summed E-state index contributed by atoms with van der Waals surface area (Å²) < 4.78 is 0. The molecule has 2 aliphatic heterocycles. The Kier molecular flexibility index (Phi) is 5.78. The second-order valence-electron chi connectivity index (χ2n) is 8.59. The van der Waals surface area contributed by atoms with Crippen LogP contribution in [0.3, 0.4) is 0 Å². The zero-order valence-electron chi connectivity index (χ0n) is 17.9. The zero-order chi connectivity index (χ0) is 22.0. The highest BCUT2D eigenvalue weighted by molar-refractivity contribution is 6.09. The van der Waals surface area contributed by atoms with Crippen molar-refractivity contribution < 1.29 is 14.4 Å². The van der Waals surface area contributed by atoms with E-state index in [0.717, 1.165) is 36.5 Å². The van der Waals surface area contributed by atoms with Crippen molar-refractivity contribution in [2.75, 3.05) is 19.6 Å². The molecule has 2 N–H and O–H groups in total. The fourth-order valence-corrected chi connectivity index (χ4v) is 4.28. The maximum atomic E-state index is 13.0. The molecule has 0 radical (unpaired) electrons. The highest BCUT2D eigenvalue weighted by atomic mass is 16.2. The summed E-state index contributed by atoms with van der Waals surface area (Å²) in [5.41, 5.74) is 1.85. The van der Waals surface area contributed by atoms with E-state index in [9.17, 15) is 14.4 Å². The fourth-order valence-electron chi connectivity index (χ4n) is 4.28. The lowest BCUT2D eigenvalue weighted by Crippen LogP contribution is -2.46. The first-order chi connectivity index (χ1) is 14.8. The number of amides is 4. The van der Waals surface area contributed by atoms with E-state index in [0.29, 0.717) is 5.56 Å². The first-order valence-corrected chi connectivity index (χ1v) is 10.6. The lowest BCUT2D eigenvalue weighted by atomic mass is 9.91. The predicted octanol–water partition coefficient (Wildman–Crippen LogP) is 2.15. The number of benzene rings is 2. The molecular weight excluding hydrogens is 392 g/mol. The number of rotatable bonds is 6. The molecule has 2 saturated heterocycles. The normalized spacial score (nSPS) is 23.8. The molecule has 0 bridgehead atoms. The van der Waals surface area contributed by atoms with Gasteiger partial charge in [-0.25, -0.2) is 4.79 Å². The smallest absolute Gasteiger partial charge is 0.325 e. The largest absolute Gasteiger partial charge is 0.350 e. The Bertz CT molecular complexity index is 976. The van der Waals surface area contributed by atoms with Crippen molar-refractivity contribution in [2.45, 2.75) is 38.4 Å². The van der Waals surface area contributed by atoms with Crippen molar-refractivity contribution in [2.24, 2.45) is 0 Å². The topological polar surface area (TPSA) is 81.8 Å². The van der Waals surface area contributed by atoms with Gasteiger partial charge in [0.15, 0.2) is 0 Å². The lowest BCUT2D eigenvalue weighted by molar-refractivity contribution is -0.135. The van der Waals surface area contributed by atoms with Gasteiger partial charge in [-0.15, -0.1) is 0 Å². The quantitative estimate of drug-likeness (QED) is 0.702. The molecule has 2 fully saturated rings. The molecule has 2 aromatic rings. The molecule has 7 heteroatoms. The minimum atomic E-state index is -1.16. The second-order valence-corrected chi connectivity index (χ2v) is 8.59. The minimum Gasteiger partial charge on any atom is -0.350 e. The van der Waals surface area contributed by atoms with Gasteiger partial charge in [0.2, 0.25) is 5.91 Å². The Morgan fingerprint density at radius 2 is 1.84 bits per heavy atom. The molecule has 7 nitrogen and oxygen atoms in total. The Labute approximate surface area is 182 Å². The van der Waals surface area contributed by atoms with Crippen molar-refractivity contribution in [3.8, 4) is 0 Å². The van der Waals surface area contributed by atoms with Crippen LogP contribution in [0.5, 0.6) is 0 Å². The summed E-state index contributed by atoms with van der Waals surface area (Å²) in [5, 5.41) is 5.73. The maximum absolute atomic E-state index is 13.0. The van der Waals surface area contributed by atoms with Crippen LogP contribution >= 0.6 is 0 Å². The monoisotopic (exact) mass is 420 g/mol. The average molecular weight is 421 g/mol. The molecule has 2 aliphatic rings. The first-order valence-electron chi connectivity index (χ1n) is 10.6. The van der Waals surface area contributed by atoms with Crippen LogP contribution in [0.25, 0.3) is 0 Å². The van der Waals surface area contributed by atoms with Gasteiger partial charge in [0, 0.05) is 25.7 Å². The highest BCUT2D eigenvalue weighted by Gasteiger charge is 2.49. The summed E-state index contributed by atoms with van der Waals surface area (Å²) in [7, 11) is 0. The molecule has 4 amide bonds. The van der Waals surface area contributed by atoms with Crippen LogP contribution in [-0.4, -0.2) is 53.3 Å². The van der Waals surface area contributed by atoms with Crippen LogP contribution in [-0.2, 0) is 21.7 Å². The molecule has 31 heavy (non-hydrogen) atoms. The molecule has 2 unspecified atom stereocenters. The second kappa shape index (κ2) is 8.51. The van der Waals surface area contributed by atoms with Gasteiger partial charge in [-0.1, -0.05) is 60.2 Å². The highest BCUT2D eigenvalue weighted by Crippen LogP contribution is 2.28. The van der Waals surface area contributed by atoms with Gasteiger partial charge < -0.3 is 10.6 Å². The van der Waals surface area contributed by atoms with Gasteiger partial charge in [-0.2, -0.15) is 0 Å². The standard InChI is InChI=1S/C24H28N4O3/c1-17-8-10-19(11-9-17)24(2)22(30)28(23(31)26-24)16-21(29)25-20-12-13-27(15-20)14-18-6-4-3-5-7-18/h3-11,20H,12-16H2,1-2H3,(H,25,29)(H,26,31). The van der Waals surface area contributed by atoms with Crippen LogP contribution in [0.1, 0.15) is 30.0 Å². The maximum Gasteiger partial charge on any atom is 0.325 e. The van der Waals surface area contributed by atoms with Crippen LogP contribution in [0.4, 0.5) is 4.79 Å². The number of aryl methyl sites for hydroxylation is 1. The van der Waals surface area contributed by atoms with E-state index in [1.807, 2.05) is 49.4 Å². The predicted molar refractivity (Wildman–Crippen MR) is 117 cm³/mol. The zero-order valence-corrected chi connectivity index (χ0v) is 17.9. The number of hydrogen-bond donors (Lipinski definition) is 2. The Balaban J connectivity index is 1.33. The lowest BCUT2D eigenvalue weighted by Gasteiger charge is -2.22. The summed E-state index contributed by atoms with van der Waals surface area (Å²) in [6.45, 7) is 5.85. The first kappa shape index (κ1) is 21.1. The number of carbonyl (C=O) groups excluding carboxylic acids is 3.